The zero-order valence-corrected chi connectivity index (χ0v) is 11.1. The van der Waals surface area contributed by atoms with Crippen molar-refractivity contribution in [2.45, 2.75) is 44.2 Å². The van der Waals surface area contributed by atoms with Crippen molar-refractivity contribution in [3.63, 3.8) is 0 Å². The summed E-state index contributed by atoms with van der Waals surface area (Å²) in [6.07, 6.45) is -0.476. The van der Waals surface area contributed by atoms with Gasteiger partial charge in [0.25, 0.3) is 0 Å². The third kappa shape index (κ3) is 4.68. The SMILES string of the molecule is NC1(COCc2ccc(OC(F)(F)F)cc2)CCCC1. The lowest BCUT2D eigenvalue weighted by atomic mass is 10.0. The van der Waals surface area contributed by atoms with Gasteiger partial charge in [0.2, 0.25) is 0 Å². The van der Waals surface area contributed by atoms with Crippen LogP contribution in [0.25, 0.3) is 0 Å². The van der Waals surface area contributed by atoms with Gasteiger partial charge in [0.15, 0.2) is 0 Å². The second-order valence-corrected chi connectivity index (χ2v) is 5.25. The lowest BCUT2D eigenvalue weighted by Crippen LogP contribution is -2.41. The van der Waals surface area contributed by atoms with Gasteiger partial charge in [-0.3, -0.25) is 0 Å². The van der Waals surface area contributed by atoms with E-state index in [-0.39, 0.29) is 11.3 Å². The van der Waals surface area contributed by atoms with Crippen LogP contribution in [0.4, 0.5) is 13.2 Å². The Labute approximate surface area is 115 Å². The number of hydrogen-bond donors (Lipinski definition) is 1. The largest absolute Gasteiger partial charge is 0.573 e. The molecule has 0 aliphatic heterocycles. The van der Waals surface area contributed by atoms with Gasteiger partial charge in [-0.05, 0) is 30.5 Å². The smallest absolute Gasteiger partial charge is 0.406 e. The Bertz CT molecular complexity index is 425. The second kappa shape index (κ2) is 6.01. The van der Waals surface area contributed by atoms with Crippen LogP contribution in [0, 0.1) is 0 Å². The molecule has 1 aromatic carbocycles. The van der Waals surface area contributed by atoms with Gasteiger partial charge in [-0.2, -0.15) is 0 Å². The van der Waals surface area contributed by atoms with E-state index >= 15 is 0 Å². The van der Waals surface area contributed by atoms with E-state index in [4.69, 9.17) is 10.5 Å². The van der Waals surface area contributed by atoms with Crippen molar-refractivity contribution in [1.82, 2.24) is 0 Å². The van der Waals surface area contributed by atoms with Crippen LogP contribution in [0.2, 0.25) is 0 Å². The first-order chi connectivity index (χ1) is 9.36. The number of ether oxygens (including phenoxy) is 2. The Hall–Kier alpha value is -1.27. The maximum atomic E-state index is 12.0. The van der Waals surface area contributed by atoms with Gasteiger partial charge in [0, 0.05) is 5.54 Å². The molecule has 1 saturated carbocycles. The fraction of sp³-hybridized carbons (Fsp3) is 0.571. The highest BCUT2D eigenvalue weighted by Gasteiger charge is 2.31. The molecule has 0 heterocycles. The molecule has 20 heavy (non-hydrogen) atoms. The zero-order chi connectivity index (χ0) is 14.6. The summed E-state index contributed by atoms with van der Waals surface area (Å²) in [5.41, 5.74) is 6.70. The van der Waals surface area contributed by atoms with Crippen molar-refractivity contribution in [1.29, 1.82) is 0 Å². The molecule has 0 bridgehead atoms. The van der Waals surface area contributed by atoms with E-state index in [1.54, 1.807) is 12.1 Å². The Morgan fingerprint density at radius 2 is 1.70 bits per heavy atom. The number of rotatable bonds is 5. The molecular weight excluding hydrogens is 271 g/mol. The predicted octanol–water partition coefficient (Wildman–Crippen LogP) is 3.37. The summed E-state index contributed by atoms with van der Waals surface area (Å²) >= 11 is 0. The molecule has 0 unspecified atom stereocenters. The third-order valence-electron chi connectivity index (χ3n) is 3.41. The third-order valence-corrected chi connectivity index (χ3v) is 3.41. The van der Waals surface area contributed by atoms with Gasteiger partial charge >= 0.3 is 6.36 Å². The first-order valence-corrected chi connectivity index (χ1v) is 6.58. The molecule has 6 heteroatoms. The molecule has 0 saturated heterocycles. The molecule has 0 spiro atoms. The minimum Gasteiger partial charge on any atom is -0.406 e. The molecule has 1 aromatic rings. The molecule has 0 atom stereocenters. The van der Waals surface area contributed by atoms with E-state index in [1.807, 2.05) is 0 Å². The number of hydrogen-bond acceptors (Lipinski definition) is 3. The molecule has 0 radical (unpaired) electrons. The summed E-state index contributed by atoms with van der Waals surface area (Å²) in [6, 6.07) is 5.66. The van der Waals surface area contributed by atoms with Crippen molar-refractivity contribution in [2.24, 2.45) is 5.73 Å². The van der Waals surface area contributed by atoms with Crippen LogP contribution in [0.1, 0.15) is 31.2 Å². The van der Waals surface area contributed by atoms with Gasteiger partial charge in [-0.25, -0.2) is 0 Å². The topological polar surface area (TPSA) is 44.5 Å². The van der Waals surface area contributed by atoms with E-state index in [0.29, 0.717) is 13.2 Å². The molecule has 2 rings (SSSR count). The minimum atomic E-state index is -4.66. The van der Waals surface area contributed by atoms with E-state index in [0.717, 1.165) is 31.2 Å². The number of alkyl halides is 3. The highest BCUT2D eigenvalue weighted by atomic mass is 19.4. The van der Waals surface area contributed by atoms with Crippen LogP contribution in [0.15, 0.2) is 24.3 Å². The fourth-order valence-electron chi connectivity index (χ4n) is 2.38. The Balaban J connectivity index is 1.79. The summed E-state index contributed by atoms with van der Waals surface area (Å²) in [5.74, 6) is -0.229. The monoisotopic (exact) mass is 289 g/mol. The molecule has 1 aliphatic rings. The van der Waals surface area contributed by atoms with Crippen LogP contribution in [0.3, 0.4) is 0 Å². The molecule has 1 fully saturated rings. The van der Waals surface area contributed by atoms with Gasteiger partial charge < -0.3 is 15.2 Å². The Morgan fingerprint density at radius 1 is 1.10 bits per heavy atom. The van der Waals surface area contributed by atoms with Crippen molar-refractivity contribution in [2.75, 3.05) is 6.61 Å². The molecule has 0 amide bonds. The maximum absolute atomic E-state index is 12.0. The van der Waals surface area contributed by atoms with Crippen LogP contribution in [0.5, 0.6) is 5.75 Å². The minimum absolute atomic E-state index is 0.229. The lowest BCUT2D eigenvalue weighted by molar-refractivity contribution is -0.274. The molecule has 2 N–H and O–H groups in total. The summed E-state index contributed by atoms with van der Waals surface area (Å²) in [6.45, 7) is 0.819. The quantitative estimate of drug-likeness (QED) is 0.903. The number of nitrogens with two attached hydrogens (primary N) is 1. The average Bonchev–Trinajstić information content (AvgIpc) is 2.77. The average molecular weight is 289 g/mol. The van der Waals surface area contributed by atoms with Gasteiger partial charge in [-0.1, -0.05) is 25.0 Å². The molecule has 3 nitrogen and oxygen atoms in total. The summed E-state index contributed by atoms with van der Waals surface area (Å²) < 4.78 is 45.4. The van der Waals surface area contributed by atoms with Crippen LogP contribution in [-0.2, 0) is 11.3 Å². The first kappa shape index (κ1) is 15.1. The van der Waals surface area contributed by atoms with E-state index in [1.165, 1.54) is 12.1 Å². The molecule has 0 aromatic heterocycles. The molecular formula is C14H18F3NO2. The fourth-order valence-corrected chi connectivity index (χ4v) is 2.38. The summed E-state index contributed by atoms with van der Waals surface area (Å²) in [5, 5.41) is 0. The Morgan fingerprint density at radius 3 is 2.25 bits per heavy atom. The van der Waals surface area contributed by atoms with Crippen molar-refractivity contribution < 1.29 is 22.6 Å². The standard InChI is InChI=1S/C14H18F3NO2/c15-14(16,17)20-12-5-3-11(4-6-12)9-19-10-13(18)7-1-2-8-13/h3-6H,1-2,7-10,18H2. The van der Waals surface area contributed by atoms with Gasteiger partial charge in [0.1, 0.15) is 5.75 Å². The first-order valence-electron chi connectivity index (χ1n) is 6.58. The van der Waals surface area contributed by atoms with Crippen molar-refractivity contribution in [3.8, 4) is 5.75 Å². The highest BCUT2D eigenvalue weighted by molar-refractivity contribution is 5.27. The van der Waals surface area contributed by atoms with Gasteiger partial charge in [-0.15, -0.1) is 13.2 Å². The van der Waals surface area contributed by atoms with Crippen LogP contribution < -0.4 is 10.5 Å². The normalized spacial score (nSPS) is 18.2. The number of halogens is 3. The van der Waals surface area contributed by atoms with E-state index in [2.05, 4.69) is 4.74 Å². The van der Waals surface area contributed by atoms with E-state index < -0.39 is 6.36 Å². The maximum Gasteiger partial charge on any atom is 0.573 e. The van der Waals surface area contributed by atoms with E-state index in [9.17, 15) is 13.2 Å². The van der Waals surface area contributed by atoms with Crippen molar-refractivity contribution >= 4 is 0 Å². The number of benzene rings is 1. The lowest BCUT2D eigenvalue weighted by Gasteiger charge is -2.23. The van der Waals surface area contributed by atoms with Crippen LogP contribution >= 0.6 is 0 Å². The molecule has 112 valence electrons. The van der Waals surface area contributed by atoms with Crippen molar-refractivity contribution in [3.05, 3.63) is 29.8 Å². The predicted molar refractivity (Wildman–Crippen MR) is 68.2 cm³/mol. The molecule has 1 aliphatic carbocycles. The van der Waals surface area contributed by atoms with Gasteiger partial charge in [0.05, 0.1) is 13.2 Å². The second-order valence-electron chi connectivity index (χ2n) is 5.25. The summed E-state index contributed by atoms with van der Waals surface area (Å²) in [7, 11) is 0. The zero-order valence-electron chi connectivity index (χ0n) is 11.1. The Kier molecular flexibility index (Phi) is 4.55. The summed E-state index contributed by atoms with van der Waals surface area (Å²) in [4.78, 5) is 0. The van der Waals surface area contributed by atoms with Crippen LogP contribution in [-0.4, -0.2) is 18.5 Å². The highest BCUT2D eigenvalue weighted by Crippen LogP contribution is 2.27.